The molecule has 0 radical (unpaired) electrons. The minimum absolute atomic E-state index is 0.506. The van der Waals surface area contributed by atoms with Crippen LogP contribution in [0.4, 0.5) is 0 Å². The number of hydrogen-bond donors (Lipinski definition) is 0. The molecular weight excluding hydrogens is 343 g/mol. The Kier molecular flexibility index (Phi) is 2.98. The first-order valence-electron chi connectivity index (χ1n) is 8.08. The van der Waals surface area contributed by atoms with E-state index in [1.165, 1.54) is 22.3 Å². The molecule has 0 aromatic heterocycles. The molecule has 0 heterocycles. The number of rotatable bonds is 2. The Balaban J connectivity index is 2.01. The molecule has 0 atom stereocenters. The first-order chi connectivity index (χ1) is 10.5. The quantitative estimate of drug-likeness (QED) is 0.622. The number of hydrogen-bond acceptors (Lipinski definition) is 0. The zero-order valence-electron chi connectivity index (χ0n) is 13.3. The van der Waals surface area contributed by atoms with E-state index in [0.717, 1.165) is 0 Å². The molecule has 1 heteroatoms. The standard InChI is InChI=1S/C13H9.C5H5.2CH3.CH2.Zr/c1-3-7-12-10(5-1)9-11-6-2-4-8-13(11)12;1-2-4-5-3-1;;;;/h1-9H;1-5H;2*1H3;1H2;. The van der Waals surface area contributed by atoms with Crippen molar-refractivity contribution >= 4 is 4.21 Å². The van der Waals surface area contributed by atoms with Crippen molar-refractivity contribution in [2.45, 2.75) is 16.5 Å². The van der Waals surface area contributed by atoms with Gasteiger partial charge in [-0.2, -0.15) is 0 Å². The minimum atomic E-state index is -3.29. The second-order valence-corrected chi connectivity index (χ2v) is 25.3. The SMILES string of the molecule is [CH2]=[Zr]([CH3])([CH3])([CH]1C=CC=C1)[CH]1c2ccccc2-c2ccccc21. The maximum absolute atomic E-state index is 4.97. The molecule has 4 rings (SSSR count). The molecule has 2 aliphatic rings. The molecule has 110 valence electrons. The van der Waals surface area contributed by atoms with Crippen LogP contribution in [0.1, 0.15) is 14.8 Å². The summed E-state index contributed by atoms with van der Waals surface area (Å²) < 4.78 is 11.1. The number of fused-ring (bicyclic) bond motifs is 3. The van der Waals surface area contributed by atoms with Gasteiger partial charge in [0.2, 0.25) is 0 Å². The normalized spacial score (nSPS) is 17.8. The van der Waals surface area contributed by atoms with Crippen LogP contribution in [0, 0.1) is 0 Å². The van der Waals surface area contributed by atoms with E-state index in [2.05, 4.69) is 82.1 Å². The van der Waals surface area contributed by atoms with Gasteiger partial charge in [-0.15, -0.1) is 0 Å². The first-order valence-corrected chi connectivity index (χ1v) is 17.6. The third-order valence-corrected chi connectivity index (χ3v) is 18.1. The third-order valence-electron chi connectivity index (χ3n) is 5.62. The maximum atomic E-state index is 4.97. The molecule has 0 fully saturated rings. The van der Waals surface area contributed by atoms with Gasteiger partial charge in [-0.05, 0) is 0 Å². The van der Waals surface area contributed by atoms with E-state index >= 15 is 0 Å². The number of allylic oxidation sites excluding steroid dienone is 4. The van der Waals surface area contributed by atoms with Gasteiger partial charge < -0.3 is 0 Å². The average Bonchev–Trinajstić information content (AvgIpc) is 3.14. The van der Waals surface area contributed by atoms with Crippen molar-refractivity contribution in [2.24, 2.45) is 0 Å². The molecule has 2 aliphatic carbocycles. The van der Waals surface area contributed by atoms with Crippen LogP contribution >= 0.6 is 0 Å². The van der Waals surface area contributed by atoms with Gasteiger partial charge >= 0.3 is 134 Å². The predicted octanol–water partition coefficient (Wildman–Crippen LogP) is 5.89. The summed E-state index contributed by atoms with van der Waals surface area (Å²) in [6.07, 6.45) is 9.15. The molecule has 0 amide bonds. The molecular formula is C21H22Zr. The summed E-state index contributed by atoms with van der Waals surface area (Å²) in [7, 11) is 0. The summed E-state index contributed by atoms with van der Waals surface area (Å²) in [6.45, 7) is 0. The van der Waals surface area contributed by atoms with Crippen LogP contribution in [0.15, 0.2) is 72.8 Å². The van der Waals surface area contributed by atoms with Gasteiger partial charge in [0, 0.05) is 0 Å². The fourth-order valence-corrected chi connectivity index (χ4v) is 15.3. The van der Waals surface area contributed by atoms with Crippen LogP contribution in [0.2, 0.25) is 12.9 Å². The summed E-state index contributed by atoms with van der Waals surface area (Å²) in [5, 5.41) is 0. The Bertz CT molecular complexity index is 819. The molecule has 2 aromatic rings. The molecule has 0 nitrogen and oxygen atoms in total. The van der Waals surface area contributed by atoms with E-state index in [9.17, 15) is 0 Å². The van der Waals surface area contributed by atoms with Crippen molar-refractivity contribution in [2.75, 3.05) is 0 Å². The fourth-order valence-electron chi connectivity index (χ4n) is 4.43. The van der Waals surface area contributed by atoms with Crippen LogP contribution in [-0.2, 0) is 18.3 Å². The zero-order chi connectivity index (χ0) is 15.4. The van der Waals surface area contributed by atoms with Gasteiger partial charge in [0.05, 0.1) is 0 Å². The number of benzene rings is 2. The van der Waals surface area contributed by atoms with Crippen molar-refractivity contribution < 1.29 is 18.3 Å². The van der Waals surface area contributed by atoms with Crippen molar-refractivity contribution in [1.29, 1.82) is 0 Å². The van der Waals surface area contributed by atoms with Gasteiger partial charge in [-0.25, -0.2) is 0 Å². The molecule has 0 saturated heterocycles. The van der Waals surface area contributed by atoms with E-state index in [1.54, 1.807) is 0 Å². The molecule has 22 heavy (non-hydrogen) atoms. The topological polar surface area (TPSA) is 0 Å². The van der Waals surface area contributed by atoms with Gasteiger partial charge in [-0.3, -0.25) is 0 Å². The molecule has 0 bridgehead atoms. The predicted molar refractivity (Wildman–Crippen MR) is 94.6 cm³/mol. The Morgan fingerprint density at radius 3 is 1.73 bits per heavy atom. The molecule has 2 aromatic carbocycles. The fraction of sp³-hybridized carbons (Fsp3) is 0.190. The Morgan fingerprint density at radius 2 is 1.23 bits per heavy atom. The van der Waals surface area contributed by atoms with Crippen molar-refractivity contribution in [1.82, 2.24) is 0 Å². The Labute approximate surface area is 133 Å². The van der Waals surface area contributed by atoms with Crippen LogP contribution in [0.5, 0.6) is 0 Å². The van der Waals surface area contributed by atoms with Gasteiger partial charge in [0.1, 0.15) is 0 Å². The molecule has 0 spiro atoms. The van der Waals surface area contributed by atoms with E-state index in [-0.39, 0.29) is 0 Å². The van der Waals surface area contributed by atoms with E-state index in [4.69, 9.17) is 4.21 Å². The van der Waals surface area contributed by atoms with Gasteiger partial charge in [-0.1, -0.05) is 0 Å². The summed E-state index contributed by atoms with van der Waals surface area (Å²) >= 11 is -3.29. The Hall–Kier alpha value is -1.33. The second kappa shape index (κ2) is 4.59. The third kappa shape index (κ3) is 1.88. The first kappa shape index (κ1) is 14.3. The molecule has 0 N–H and O–H groups in total. The van der Waals surface area contributed by atoms with E-state index < -0.39 is 18.3 Å². The van der Waals surface area contributed by atoms with Crippen LogP contribution in [-0.4, -0.2) is 4.21 Å². The van der Waals surface area contributed by atoms with E-state index in [1.807, 2.05) is 0 Å². The van der Waals surface area contributed by atoms with E-state index in [0.29, 0.717) is 7.25 Å². The van der Waals surface area contributed by atoms with Crippen molar-refractivity contribution in [3.05, 3.63) is 84.0 Å². The summed E-state index contributed by atoms with van der Waals surface area (Å²) in [6, 6.07) is 17.9. The van der Waals surface area contributed by atoms with Gasteiger partial charge in [0.25, 0.3) is 0 Å². The molecule has 0 aliphatic heterocycles. The van der Waals surface area contributed by atoms with Crippen LogP contribution in [0.3, 0.4) is 0 Å². The summed E-state index contributed by atoms with van der Waals surface area (Å²) in [5.41, 5.74) is 5.84. The molecule has 0 unspecified atom stereocenters. The monoisotopic (exact) mass is 364 g/mol. The van der Waals surface area contributed by atoms with Crippen LogP contribution < -0.4 is 0 Å². The van der Waals surface area contributed by atoms with Crippen molar-refractivity contribution in [3.63, 3.8) is 0 Å². The Morgan fingerprint density at radius 1 is 0.773 bits per heavy atom. The van der Waals surface area contributed by atoms with Crippen LogP contribution in [0.25, 0.3) is 11.1 Å². The zero-order valence-corrected chi connectivity index (χ0v) is 15.7. The van der Waals surface area contributed by atoms with Crippen molar-refractivity contribution in [3.8, 4) is 11.1 Å². The second-order valence-electron chi connectivity index (χ2n) is 7.84. The molecule has 0 saturated carbocycles. The average molecular weight is 366 g/mol. The summed E-state index contributed by atoms with van der Waals surface area (Å²) in [5.74, 6) is 0. The summed E-state index contributed by atoms with van der Waals surface area (Å²) in [4.78, 5) is 0. The van der Waals surface area contributed by atoms with Gasteiger partial charge in [0.15, 0.2) is 0 Å².